The van der Waals surface area contributed by atoms with Gasteiger partial charge in [-0.05, 0) is 17.7 Å². The Labute approximate surface area is 168 Å². The van der Waals surface area contributed by atoms with Crippen molar-refractivity contribution in [3.8, 4) is 11.1 Å². The first kappa shape index (κ1) is 17.0. The van der Waals surface area contributed by atoms with Gasteiger partial charge in [-0.1, -0.05) is 48.2 Å². The number of thioether (sulfide) groups is 1. The van der Waals surface area contributed by atoms with Gasteiger partial charge < -0.3 is 10.2 Å². The van der Waals surface area contributed by atoms with Crippen molar-refractivity contribution in [2.75, 3.05) is 5.84 Å². The normalized spacial score (nSPS) is 11.4. The summed E-state index contributed by atoms with van der Waals surface area (Å²) in [4.78, 5) is 22.8. The average molecular weight is 406 g/mol. The van der Waals surface area contributed by atoms with Crippen LogP contribution in [0.5, 0.6) is 0 Å². The van der Waals surface area contributed by atoms with Crippen molar-refractivity contribution in [1.29, 1.82) is 0 Å². The number of aromatic nitrogens is 4. The van der Waals surface area contributed by atoms with Crippen molar-refractivity contribution < 1.29 is 0 Å². The second kappa shape index (κ2) is 6.81. The Hall–Kier alpha value is -3.10. The summed E-state index contributed by atoms with van der Waals surface area (Å²) >= 11 is 2.87. The van der Waals surface area contributed by atoms with Gasteiger partial charge in [0.05, 0.1) is 11.1 Å². The molecule has 8 heteroatoms. The minimum atomic E-state index is -0.234. The first-order valence-electron chi connectivity index (χ1n) is 8.61. The third kappa shape index (κ3) is 2.87. The maximum Gasteiger partial charge on any atom is 0.282 e. The molecule has 0 spiro atoms. The van der Waals surface area contributed by atoms with Gasteiger partial charge >= 0.3 is 0 Å². The molecule has 1 aromatic carbocycles. The number of nitrogens with zero attached hydrogens (tertiary/aromatic N) is 4. The fourth-order valence-corrected chi connectivity index (χ4v) is 4.90. The van der Waals surface area contributed by atoms with Crippen LogP contribution >= 0.6 is 23.1 Å². The van der Waals surface area contributed by atoms with Crippen LogP contribution in [0.1, 0.15) is 5.69 Å². The van der Waals surface area contributed by atoms with Crippen LogP contribution in [-0.2, 0) is 5.75 Å². The van der Waals surface area contributed by atoms with Gasteiger partial charge in [-0.3, -0.25) is 4.79 Å². The smallest absolute Gasteiger partial charge is 0.282 e. The zero-order valence-corrected chi connectivity index (χ0v) is 16.3. The highest BCUT2D eigenvalue weighted by Gasteiger charge is 2.16. The Bertz CT molecular complexity index is 1320. The lowest BCUT2D eigenvalue weighted by Crippen LogP contribution is -2.29. The first-order valence-corrected chi connectivity index (χ1v) is 10.5. The van der Waals surface area contributed by atoms with E-state index in [-0.39, 0.29) is 5.56 Å². The highest BCUT2D eigenvalue weighted by molar-refractivity contribution is 7.98. The van der Waals surface area contributed by atoms with Crippen LogP contribution in [0.3, 0.4) is 0 Å². The predicted octanol–water partition coefficient (Wildman–Crippen LogP) is 3.78. The minimum Gasteiger partial charge on any atom is -0.334 e. The number of thiophene rings is 1. The quantitative estimate of drug-likeness (QED) is 0.280. The van der Waals surface area contributed by atoms with Crippen molar-refractivity contribution >= 4 is 39.0 Å². The summed E-state index contributed by atoms with van der Waals surface area (Å²) in [6, 6.07) is 15.7. The molecule has 5 aromatic rings. The molecule has 0 aliphatic rings. The SMILES string of the molecule is Nn1c(SCc2cn3ccccc3n2)nc2scc(-c3ccccc3)c2c1=O. The van der Waals surface area contributed by atoms with Crippen molar-refractivity contribution in [3.05, 3.63) is 82.4 Å². The van der Waals surface area contributed by atoms with Crippen LogP contribution < -0.4 is 11.4 Å². The fraction of sp³-hybridized carbons (Fsp3) is 0.0500. The summed E-state index contributed by atoms with van der Waals surface area (Å²) in [7, 11) is 0. The third-order valence-electron chi connectivity index (χ3n) is 4.46. The zero-order chi connectivity index (χ0) is 19.1. The van der Waals surface area contributed by atoms with E-state index in [0.717, 1.165) is 27.1 Å². The van der Waals surface area contributed by atoms with E-state index in [0.29, 0.717) is 21.1 Å². The van der Waals surface area contributed by atoms with Gasteiger partial charge in [-0.25, -0.2) is 14.6 Å². The predicted molar refractivity (Wildman–Crippen MR) is 114 cm³/mol. The van der Waals surface area contributed by atoms with E-state index in [2.05, 4.69) is 9.97 Å². The molecule has 138 valence electrons. The zero-order valence-electron chi connectivity index (χ0n) is 14.6. The van der Waals surface area contributed by atoms with Crippen LogP contribution in [0.2, 0.25) is 0 Å². The largest absolute Gasteiger partial charge is 0.334 e. The Morgan fingerprint density at radius 3 is 2.71 bits per heavy atom. The van der Waals surface area contributed by atoms with E-state index in [1.165, 1.54) is 23.1 Å². The van der Waals surface area contributed by atoms with E-state index in [1.807, 2.05) is 70.7 Å². The van der Waals surface area contributed by atoms with Crippen LogP contribution in [0.25, 0.3) is 27.0 Å². The molecule has 0 saturated heterocycles. The molecule has 2 N–H and O–H groups in total. The first-order chi connectivity index (χ1) is 13.7. The Balaban J connectivity index is 1.50. The van der Waals surface area contributed by atoms with Crippen LogP contribution in [-0.4, -0.2) is 19.0 Å². The van der Waals surface area contributed by atoms with E-state index < -0.39 is 0 Å². The molecule has 0 amide bonds. The number of hydrogen-bond acceptors (Lipinski definition) is 6. The summed E-state index contributed by atoms with van der Waals surface area (Å²) in [5.41, 5.74) is 3.41. The molecule has 0 fully saturated rings. The van der Waals surface area contributed by atoms with Crippen LogP contribution in [0.4, 0.5) is 0 Å². The molecule has 4 heterocycles. The van der Waals surface area contributed by atoms with E-state index in [4.69, 9.17) is 5.84 Å². The molecule has 0 atom stereocenters. The van der Waals surface area contributed by atoms with Crippen molar-refractivity contribution in [1.82, 2.24) is 19.0 Å². The minimum absolute atomic E-state index is 0.234. The second-order valence-corrected chi connectivity index (χ2v) is 8.05. The van der Waals surface area contributed by atoms with Gasteiger partial charge in [0.15, 0.2) is 5.16 Å². The number of nitrogens with two attached hydrogens (primary N) is 1. The number of imidazole rings is 1. The Kier molecular flexibility index (Phi) is 4.14. The fourth-order valence-electron chi connectivity index (χ4n) is 3.11. The lowest BCUT2D eigenvalue weighted by atomic mass is 10.1. The Morgan fingerprint density at radius 1 is 1.07 bits per heavy atom. The number of fused-ring (bicyclic) bond motifs is 2. The summed E-state index contributed by atoms with van der Waals surface area (Å²) in [5.74, 6) is 6.67. The van der Waals surface area contributed by atoms with Gasteiger partial charge in [-0.15, -0.1) is 11.3 Å². The molecule has 6 nitrogen and oxygen atoms in total. The summed E-state index contributed by atoms with van der Waals surface area (Å²) in [5, 5.41) is 3.01. The van der Waals surface area contributed by atoms with Gasteiger partial charge in [0.25, 0.3) is 5.56 Å². The molecule has 0 saturated carbocycles. The van der Waals surface area contributed by atoms with E-state index in [1.54, 1.807) is 0 Å². The molecule has 0 bridgehead atoms. The molecule has 0 unspecified atom stereocenters. The maximum atomic E-state index is 12.9. The van der Waals surface area contributed by atoms with Gasteiger partial charge in [0, 0.05) is 29.1 Å². The molecule has 0 aliphatic heterocycles. The second-order valence-electron chi connectivity index (χ2n) is 6.25. The highest BCUT2D eigenvalue weighted by Crippen LogP contribution is 2.32. The van der Waals surface area contributed by atoms with Crippen molar-refractivity contribution in [2.24, 2.45) is 0 Å². The van der Waals surface area contributed by atoms with E-state index in [9.17, 15) is 4.79 Å². The number of pyridine rings is 1. The van der Waals surface area contributed by atoms with E-state index >= 15 is 0 Å². The molecule has 28 heavy (non-hydrogen) atoms. The molecule has 5 rings (SSSR count). The number of hydrogen-bond donors (Lipinski definition) is 1. The van der Waals surface area contributed by atoms with Gasteiger partial charge in [0.1, 0.15) is 10.5 Å². The molecule has 0 radical (unpaired) electrons. The summed E-state index contributed by atoms with van der Waals surface area (Å²) < 4.78 is 3.11. The topological polar surface area (TPSA) is 78.2 Å². The molecule has 4 aromatic heterocycles. The number of rotatable bonds is 4. The molecular weight excluding hydrogens is 390 g/mol. The van der Waals surface area contributed by atoms with Crippen molar-refractivity contribution in [2.45, 2.75) is 10.9 Å². The van der Waals surface area contributed by atoms with Crippen molar-refractivity contribution in [3.63, 3.8) is 0 Å². The standard InChI is InChI=1S/C20H15N5OS2/c21-25-19(26)17-15(13-6-2-1-3-7-13)12-27-18(17)23-20(25)28-11-14-10-24-9-5-4-8-16(24)22-14/h1-10,12H,11,21H2. The summed E-state index contributed by atoms with van der Waals surface area (Å²) in [6.45, 7) is 0. The average Bonchev–Trinajstić information content (AvgIpc) is 3.34. The lowest BCUT2D eigenvalue weighted by Gasteiger charge is -2.06. The highest BCUT2D eigenvalue weighted by atomic mass is 32.2. The Morgan fingerprint density at radius 2 is 1.89 bits per heavy atom. The molecule has 0 aliphatic carbocycles. The van der Waals surface area contributed by atoms with Gasteiger partial charge in [-0.2, -0.15) is 0 Å². The molecular formula is C20H15N5OS2. The van der Waals surface area contributed by atoms with Crippen LogP contribution in [0.15, 0.2) is 76.3 Å². The maximum absolute atomic E-state index is 12.9. The third-order valence-corrected chi connectivity index (χ3v) is 6.31. The monoisotopic (exact) mass is 405 g/mol. The van der Waals surface area contributed by atoms with Crippen LogP contribution in [0, 0.1) is 0 Å². The number of benzene rings is 1. The number of nitrogen functional groups attached to an aromatic ring is 1. The summed E-state index contributed by atoms with van der Waals surface area (Å²) in [6.07, 6.45) is 3.93. The lowest BCUT2D eigenvalue weighted by molar-refractivity contribution is 0.781. The van der Waals surface area contributed by atoms with Gasteiger partial charge in [0.2, 0.25) is 0 Å².